The number of ketones is 1. The fraction of sp³-hybridized carbons (Fsp3) is 0.650. The number of carboxylic acid groups (broad SMARTS) is 3. The second kappa shape index (κ2) is 26.5. The van der Waals surface area contributed by atoms with Gasteiger partial charge in [-0.3, -0.25) is 14.4 Å². The maximum atomic E-state index is 12.2. The van der Waals surface area contributed by atoms with E-state index in [9.17, 15) is 33.9 Å². The van der Waals surface area contributed by atoms with Crippen LogP contribution in [0.25, 0.3) is 0 Å². The molecule has 0 bridgehead atoms. The number of carbonyl (C=O) groups excluding carboxylic acids is 3. The first-order chi connectivity index (χ1) is 25.8. The summed E-state index contributed by atoms with van der Waals surface area (Å²) in [6.45, 7) is 6.26. The maximum Gasteiger partial charge on any atom is 0.326 e. The number of ether oxygens (including phenoxy) is 3. The summed E-state index contributed by atoms with van der Waals surface area (Å²) in [4.78, 5) is 69.7. The third kappa shape index (κ3) is 20.8. The molecule has 54 heavy (non-hydrogen) atoms. The summed E-state index contributed by atoms with van der Waals surface area (Å²) in [5.41, 5.74) is 5.65. The van der Waals surface area contributed by atoms with Gasteiger partial charge in [-0.1, -0.05) is 48.3 Å². The number of esters is 1. The molecule has 2 rings (SSSR count). The van der Waals surface area contributed by atoms with Gasteiger partial charge in [-0.15, -0.1) is 0 Å². The van der Waals surface area contributed by atoms with Crippen molar-refractivity contribution < 1.29 is 58.3 Å². The molecule has 1 aromatic rings. The molecule has 0 spiro atoms. The van der Waals surface area contributed by atoms with Gasteiger partial charge in [0, 0.05) is 45.5 Å². The Kier molecular flexibility index (Phi) is 22.5. The van der Waals surface area contributed by atoms with Gasteiger partial charge in [0.05, 0.1) is 6.61 Å². The molecule has 14 nitrogen and oxygen atoms in total. The van der Waals surface area contributed by atoms with Crippen LogP contribution in [0.15, 0.2) is 29.8 Å². The molecule has 1 aliphatic rings. The van der Waals surface area contributed by atoms with Crippen LogP contribution in [0.2, 0.25) is 0 Å². The van der Waals surface area contributed by atoms with E-state index in [1.54, 1.807) is 5.57 Å². The minimum absolute atomic E-state index is 0.0500. The van der Waals surface area contributed by atoms with Crippen LogP contribution in [0.1, 0.15) is 113 Å². The number of hydrogen-bond donors (Lipinski definition) is 5. The molecule has 0 fully saturated rings. The second-order valence-electron chi connectivity index (χ2n) is 14.0. The first-order valence-corrected chi connectivity index (χ1v) is 19.2. The minimum atomic E-state index is -1.47. The van der Waals surface area contributed by atoms with Crippen LogP contribution in [0.5, 0.6) is 0 Å². The lowest BCUT2D eigenvalue weighted by Crippen LogP contribution is -2.51. The first-order valence-electron chi connectivity index (χ1n) is 19.2. The standard InChI is InChI=1S/C40H60N2O12/c1-28-12-16-32(29(2)26-28)17-15-30-13-14-31(27-30)20-23-52-22-7-11-37(46)54-25-24-53-21-6-9-33(43)8-4-3-5-10-34(38(47)48)41-40(51)42-35(39(49)50)18-19-36(44)45/h12,16,26-27,31,34-35H,3-11,13-15,17-25H2,1-2H3,(H,44,45)(H,47,48)(H,49,50)(H2,41,42,51)/t31?,34?,35-/m0/s1. The highest BCUT2D eigenvalue weighted by Gasteiger charge is 2.25. The fourth-order valence-electron chi connectivity index (χ4n) is 6.26. The van der Waals surface area contributed by atoms with Gasteiger partial charge in [0.25, 0.3) is 0 Å². The zero-order valence-corrected chi connectivity index (χ0v) is 31.9. The molecule has 0 saturated carbocycles. The van der Waals surface area contributed by atoms with E-state index in [1.165, 1.54) is 23.1 Å². The van der Waals surface area contributed by atoms with Crippen molar-refractivity contribution in [3.8, 4) is 0 Å². The van der Waals surface area contributed by atoms with Crippen molar-refractivity contribution in [2.75, 3.05) is 33.0 Å². The lowest BCUT2D eigenvalue weighted by atomic mass is 9.99. The van der Waals surface area contributed by atoms with E-state index in [0.29, 0.717) is 70.7 Å². The van der Waals surface area contributed by atoms with E-state index in [4.69, 9.17) is 24.4 Å². The van der Waals surface area contributed by atoms with Gasteiger partial charge in [-0.25, -0.2) is 14.4 Å². The molecule has 0 heterocycles. The number of hydrogen-bond acceptors (Lipinski definition) is 9. The molecule has 1 aliphatic carbocycles. The highest BCUT2D eigenvalue weighted by molar-refractivity contribution is 5.86. The summed E-state index contributed by atoms with van der Waals surface area (Å²) in [6.07, 6.45) is 10.8. The lowest BCUT2D eigenvalue weighted by Gasteiger charge is -2.18. The largest absolute Gasteiger partial charge is 0.481 e. The topological polar surface area (TPSA) is 215 Å². The number of amides is 2. The number of aliphatic carboxylic acids is 3. The molecule has 0 saturated heterocycles. The van der Waals surface area contributed by atoms with Crippen molar-refractivity contribution in [2.45, 2.75) is 129 Å². The van der Waals surface area contributed by atoms with Gasteiger partial charge in [0.15, 0.2) is 0 Å². The van der Waals surface area contributed by atoms with E-state index in [0.717, 1.165) is 25.7 Å². The average molecular weight is 761 g/mol. The Morgan fingerprint density at radius 1 is 0.741 bits per heavy atom. The zero-order chi connectivity index (χ0) is 39.7. The van der Waals surface area contributed by atoms with Gasteiger partial charge < -0.3 is 40.2 Å². The number of urea groups is 1. The molecule has 1 aromatic carbocycles. The Morgan fingerprint density at radius 3 is 2.09 bits per heavy atom. The van der Waals surface area contributed by atoms with Gasteiger partial charge in [0.1, 0.15) is 24.5 Å². The summed E-state index contributed by atoms with van der Waals surface area (Å²) >= 11 is 0. The predicted molar refractivity (Wildman–Crippen MR) is 200 cm³/mol. The quantitative estimate of drug-likeness (QED) is 0.0363. The normalized spacial score (nSPS) is 14.9. The molecular weight excluding hydrogens is 700 g/mol. The number of unbranched alkanes of at least 4 members (excludes halogenated alkanes) is 2. The van der Waals surface area contributed by atoms with Gasteiger partial charge >= 0.3 is 29.9 Å². The monoisotopic (exact) mass is 760 g/mol. The number of nitrogens with one attached hydrogen (secondary N) is 2. The second-order valence-corrected chi connectivity index (χ2v) is 14.0. The van der Waals surface area contributed by atoms with E-state index >= 15 is 0 Å². The van der Waals surface area contributed by atoms with Crippen molar-refractivity contribution in [2.24, 2.45) is 5.92 Å². The Hall–Kier alpha value is -4.30. The third-order valence-electron chi connectivity index (χ3n) is 9.36. The van der Waals surface area contributed by atoms with E-state index in [1.807, 2.05) is 0 Å². The number of allylic oxidation sites excluding steroid dienone is 2. The summed E-state index contributed by atoms with van der Waals surface area (Å²) < 4.78 is 16.4. The summed E-state index contributed by atoms with van der Waals surface area (Å²) in [5.74, 6) is -3.63. The van der Waals surface area contributed by atoms with Crippen molar-refractivity contribution in [1.82, 2.24) is 10.6 Å². The van der Waals surface area contributed by atoms with Crippen LogP contribution in [-0.2, 0) is 44.6 Å². The molecule has 2 unspecified atom stereocenters. The minimum Gasteiger partial charge on any atom is -0.481 e. The predicted octanol–water partition coefficient (Wildman–Crippen LogP) is 5.69. The zero-order valence-electron chi connectivity index (χ0n) is 31.9. The van der Waals surface area contributed by atoms with E-state index in [-0.39, 0.29) is 44.2 Å². The molecule has 0 aromatic heterocycles. The van der Waals surface area contributed by atoms with Gasteiger partial charge in [0.2, 0.25) is 0 Å². The third-order valence-corrected chi connectivity index (χ3v) is 9.36. The van der Waals surface area contributed by atoms with E-state index < -0.39 is 42.4 Å². The Morgan fingerprint density at radius 2 is 1.41 bits per heavy atom. The van der Waals surface area contributed by atoms with Crippen molar-refractivity contribution in [1.29, 1.82) is 0 Å². The van der Waals surface area contributed by atoms with Crippen molar-refractivity contribution in [3.05, 3.63) is 46.5 Å². The summed E-state index contributed by atoms with van der Waals surface area (Å²) in [6, 6.07) is 2.92. The van der Waals surface area contributed by atoms with Crippen LogP contribution in [-0.4, -0.2) is 96.1 Å². The SMILES string of the molecule is Cc1ccc(CCC2=CC(CCOCCCC(=O)OCCOCCCC(=O)CCCCCC(NC(=O)N[C@@H](CCC(=O)O)C(=O)O)C(=O)O)CC2)c(C)c1. The maximum absolute atomic E-state index is 12.2. The first kappa shape index (κ1) is 45.9. The number of Topliss-reactive ketones (excluding diaryl/α,β-unsaturated/α-hetero) is 1. The molecule has 5 N–H and O–H groups in total. The number of carbonyl (C=O) groups is 6. The smallest absolute Gasteiger partial charge is 0.326 e. The molecule has 0 radical (unpaired) electrons. The molecule has 0 aliphatic heterocycles. The van der Waals surface area contributed by atoms with Crippen molar-refractivity contribution in [3.63, 3.8) is 0 Å². The molecule has 2 amide bonds. The van der Waals surface area contributed by atoms with Gasteiger partial charge in [-0.2, -0.15) is 0 Å². The van der Waals surface area contributed by atoms with Crippen LogP contribution in [0.3, 0.4) is 0 Å². The highest BCUT2D eigenvalue weighted by atomic mass is 16.6. The number of rotatable bonds is 30. The van der Waals surface area contributed by atoms with E-state index in [2.05, 4.69) is 48.8 Å². The lowest BCUT2D eigenvalue weighted by molar-refractivity contribution is -0.146. The molecule has 14 heteroatoms. The average Bonchev–Trinajstić information content (AvgIpc) is 3.57. The Labute approximate surface area is 318 Å². The molecule has 3 atom stereocenters. The van der Waals surface area contributed by atoms with Crippen LogP contribution < -0.4 is 10.6 Å². The van der Waals surface area contributed by atoms with Crippen LogP contribution in [0, 0.1) is 19.8 Å². The number of benzene rings is 1. The Balaban J connectivity index is 1.41. The van der Waals surface area contributed by atoms with Crippen LogP contribution in [0.4, 0.5) is 4.79 Å². The van der Waals surface area contributed by atoms with Gasteiger partial charge in [-0.05, 0) is 95.1 Å². The molecule has 302 valence electrons. The number of carboxylic acids is 3. The highest BCUT2D eigenvalue weighted by Crippen LogP contribution is 2.30. The Bertz CT molecular complexity index is 1390. The summed E-state index contributed by atoms with van der Waals surface area (Å²) in [7, 11) is 0. The van der Waals surface area contributed by atoms with Crippen molar-refractivity contribution >= 4 is 35.7 Å². The fourth-order valence-corrected chi connectivity index (χ4v) is 6.26. The molecular formula is C40H60N2O12. The summed E-state index contributed by atoms with van der Waals surface area (Å²) in [5, 5.41) is 31.5. The number of aryl methyl sites for hydroxylation is 3. The van der Waals surface area contributed by atoms with Crippen LogP contribution >= 0.6 is 0 Å².